The SMILES string of the molecule is CC.CC.[Y].[Y].[Y].[Y].[Y].[Y].[Y].[Y].[Y].[Y].[Y].[Y].[Y].[Y].[Y].[Y].[Y].[Y].[Y].[Y].[Y].[Y].[Y].[Y].[Y].[Y].[Y].[Y].[Y].[Y].[Y].[Y].[Y].[c-]1ccccc1-c1[c-]cccc1. The largest absolute Gasteiger partial charge is 0.226 e. The number of hydrogen-bond donors (Lipinski definition) is 0. The Morgan fingerprint density at radius 1 is 0.224 bits per heavy atom. The molecule has 0 heterocycles. The van der Waals surface area contributed by atoms with Crippen molar-refractivity contribution in [1.29, 1.82) is 0 Å². The predicted molar refractivity (Wildman–Crippen MR) is 72.2 cm³/mol. The van der Waals surface area contributed by atoms with E-state index in [1.54, 1.807) is 0 Å². The maximum absolute atomic E-state index is 3.15. The van der Waals surface area contributed by atoms with Gasteiger partial charge in [0.05, 0.1) is 0 Å². The van der Waals surface area contributed by atoms with Crippen molar-refractivity contribution in [1.82, 2.24) is 0 Å². The third-order valence-electron chi connectivity index (χ3n) is 1.71. The average Bonchev–Trinajstić information content (AvgIpc) is 2.45. The van der Waals surface area contributed by atoms with Gasteiger partial charge in [0.25, 0.3) is 0 Å². The molecule has 0 saturated heterocycles. The van der Waals surface area contributed by atoms with Gasteiger partial charge in [-0.2, -0.15) is 48.5 Å². The fourth-order valence-electron chi connectivity index (χ4n) is 1.12. The van der Waals surface area contributed by atoms with Gasteiger partial charge in [0.1, 0.15) is 0 Å². The van der Waals surface area contributed by atoms with Gasteiger partial charge in [-0.25, -0.2) is 11.1 Å². The molecule has 0 aliphatic carbocycles. The first kappa shape index (κ1) is 232. The quantitative estimate of drug-likeness (QED) is 0.357. The molecule has 33 heteroatoms. The first-order valence-corrected chi connectivity index (χ1v) is 5.90. The van der Waals surface area contributed by atoms with Gasteiger partial charge in [-0.15, -0.1) is 12.1 Å². The van der Waals surface area contributed by atoms with Crippen LogP contribution in [0.15, 0.2) is 48.5 Å². The van der Waals surface area contributed by atoms with Crippen molar-refractivity contribution in [2.75, 3.05) is 0 Å². The maximum Gasteiger partial charge on any atom is 0 e. The molecule has 2 aromatic carbocycles. The molecule has 185 valence electrons. The van der Waals surface area contributed by atoms with Crippen LogP contribution >= 0.6 is 0 Å². The summed E-state index contributed by atoms with van der Waals surface area (Å²) in [4.78, 5) is 0. The molecule has 0 aliphatic heterocycles. The zero-order valence-electron chi connectivity index (χ0n) is 29.7. The third kappa shape index (κ3) is 180. The topological polar surface area (TPSA) is 0 Å². The summed E-state index contributed by atoms with van der Waals surface area (Å²) in [5.41, 5.74) is 2.19. The van der Waals surface area contributed by atoms with E-state index in [2.05, 4.69) is 12.1 Å². The van der Waals surface area contributed by atoms with Gasteiger partial charge in [-0.05, 0) is 0 Å². The van der Waals surface area contributed by atoms with Gasteiger partial charge >= 0.3 is 0 Å². The first-order valence-electron chi connectivity index (χ1n) is 5.90. The number of hydrogen-bond acceptors (Lipinski definition) is 0. The minimum absolute atomic E-state index is 0. The molecular formula is C16H20Y33-2. The summed E-state index contributed by atoms with van der Waals surface area (Å²) in [5.74, 6) is 0. The molecule has 0 saturated carbocycles. The Balaban J connectivity index is -0.00000000185. The summed E-state index contributed by atoms with van der Waals surface area (Å²) in [6, 6.07) is 22.1. The number of rotatable bonds is 1. The zero-order chi connectivity index (χ0) is 12.2. The average molecular weight is 3150 g/mol. The Morgan fingerprint density at radius 3 is 0.429 bits per heavy atom. The van der Waals surface area contributed by atoms with Crippen LogP contribution in [0, 0.1) is 12.1 Å². The normalized spacial score (nSPS) is 2.61. The van der Waals surface area contributed by atoms with Crippen LogP contribution in [0.3, 0.4) is 0 Å². The molecule has 2 aromatic rings. The Morgan fingerprint density at radius 2 is 0.347 bits per heavy atom. The van der Waals surface area contributed by atoms with Crippen molar-refractivity contribution in [3.8, 4) is 11.1 Å². The Bertz CT molecular complexity index is 342. The van der Waals surface area contributed by atoms with Gasteiger partial charge in [-0.1, -0.05) is 27.7 Å². The maximum atomic E-state index is 3.15. The second kappa shape index (κ2) is 215. The molecule has 0 aromatic heterocycles. The fraction of sp³-hybridized carbons (Fsp3) is 0.250. The fourth-order valence-corrected chi connectivity index (χ4v) is 1.12. The van der Waals surface area contributed by atoms with E-state index in [-0.39, 0.29) is 1080 Å². The molecule has 0 atom stereocenters. The van der Waals surface area contributed by atoms with Gasteiger partial charge < -0.3 is 0 Å². The van der Waals surface area contributed by atoms with E-state index in [1.165, 1.54) is 0 Å². The minimum atomic E-state index is 0. The summed E-state index contributed by atoms with van der Waals surface area (Å²) in [7, 11) is 0. The standard InChI is InChI=1S/C12H8.2C2H6.33Y/c1-3-7-11(8-4-1)12-9-5-2-6-10-12;2*1-2;;;;;;;;;;;;;;;;;;;;;;;;;;;;;;;;;/h1-7,9H;2*1-2H3;;;;;;;;;;;;;;;;;;;;;;;;;;;;;;;;;/q-2;;;;;;;;;;;;;;;;;;;;;;;;;;;;;;;;;;;. The monoisotopic (exact) mass is 3150 g/mol. The molecule has 0 unspecified atom stereocenters. The molecule has 0 spiro atoms. The van der Waals surface area contributed by atoms with E-state index in [0.29, 0.717) is 0 Å². The van der Waals surface area contributed by atoms with Crippen molar-refractivity contribution < 1.29 is 1080 Å². The predicted octanol–water partition coefficient (Wildman–Crippen LogP) is 4.92. The second-order valence-corrected chi connectivity index (χ2v) is 2.55. The van der Waals surface area contributed by atoms with Gasteiger partial charge in [-0.3, -0.25) is 0 Å². The summed E-state index contributed by atoms with van der Waals surface area (Å²) >= 11 is 0. The molecule has 33 radical (unpaired) electrons. The van der Waals surface area contributed by atoms with Gasteiger partial charge in [0.15, 0.2) is 0 Å². The summed E-state index contributed by atoms with van der Waals surface area (Å²) in [5, 5.41) is 0. The van der Waals surface area contributed by atoms with E-state index in [4.69, 9.17) is 0 Å². The molecular weight excluding hydrogens is 3130 g/mol. The van der Waals surface area contributed by atoms with E-state index in [9.17, 15) is 0 Å². The van der Waals surface area contributed by atoms with Crippen LogP contribution in [0.2, 0.25) is 0 Å². The first-order chi connectivity index (χ1) is 7.97. The van der Waals surface area contributed by atoms with E-state index in [0.717, 1.165) is 11.1 Å². The molecule has 49 heavy (non-hydrogen) atoms. The number of benzene rings is 2. The van der Waals surface area contributed by atoms with E-state index >= 15 is 0 Å². The van der Waals surface area contributed by atoms with E-state index < -0.39 is 0 Å². The molecule has 0 nitrogen and oxygen atoms in total. The Kier molecular flexibility index (Phi) is 1010. The van der Waals surface area contributed by atoms with Crippen LogP contribution in [0.25, 0.3) is 11.1 Å². The van der Waals surface area contributed by atoms with Crippen molar-refractivity contribution >= 4 is 0 Å². The summed E-state index contributed by atoms with van der Waals surface area (Å²) in [6.45, 7) is 8.00. The Labute approximate surface area is 1140 Å². The Hall–Kier alpha value is 34.9. The van der Waals surface area contributed by atoms with Crippen molar-refractivity contribution in [2.45, 2.75) is 27.7 Å². The van der Waals surface area contributed by atoms with Gasteiger partial charge in [0, 0.05) is 1080 Å². The van der Waals surface area contributed by atoms with Crippen molar-refractivity contribution in [2.24, 2.45) is 0 Å². The van der Waals surface area contributed by atoms with Crippen LogP contribution in [-0.2, 0) is 1080 Å². The van der Waals surface area contributed by atoms with E-state index in [1.807, 2.05) is 76.2 Å². The van der Waals surface area contributed by atoms with Crippen LogP contribution in [0.1, 0.15) is 27.7 Å². The molecule has 0 bridgehead atoms. The van der Waals surface area contributed by atoms with Crippen LogP contribution in [-0.4, -0.2) is 0 Å². The minimum Gasteiger partial charge on any atom is -0.226 e. The summed E-state index contributed by atoms with van der Waals surface area (Å²) in [6.07, 6.45) is 0. The second-order valence-electron chi connectivity index (χ2n) is 2.55. The third-order valence-corrected chi connectivity index (χ3v) is 1.71. The molecule has 0 aliphatic rings. The van der Waals surface area contributed by atoms with Gasteiger partial charge in [0.2, 0.25) is 0 Å². The molecule has 0 amide bonds. The molecule has 0 N–H and O–H groups in total. The summed E-state index contributed by atoms with van der Waals surface area (Å²) < 4.78 is 0. The zero-order valence-corrected chi connectivity index (χ0v) is 123. The molecule has 0 fully saturated rings. The van der Waals surface area contributed by atoms with Crippen LogP contribution in [0.5, 0.6) is 0 Å². The van der Waals surface area contributed by atoms with Crippen LogP contribution in [0.4, 0.5) is 0 Å². The van der Waals surface area contributed by atoms with Crippen molar-refractivity contribution in [3.63, 3.8) is 0 Å². The molecule has 2 rings (SSSR count). The smallest absolute Gasteiger partial charge is 0 e. The van der Waals surface area contributed by atoms with Crippen LogP contribution < -0.4 is 0 Å². The van der Waals surface area contributed by atoms with Crippen molar-refractivity contribution in [3.05, 3.63) is 60.7 Å².